The predicted octanol–water partition coefficient (Wildman–Crippen LogP) is 5.88. The van der Waals surface area contributed by atoms with Gasteiger partial charge in [-0.25, -0.2) is 0 Å². The van der Waals surface area contributed by atoms with E-state index in [-0.39, 0.29) is 0 Å². The molecule has 0 bridgehead atoms. The molecular weight excluding hydrogens is 292 g/mol. The van der Waals surface area contributed by atoms with Crippen molar-refractivity contribution < 1.29 is 4.74 Å². The average molecular weight is 311 g/mol. The molecule has 0 heterocycles. The lowest BCUT2D eigenvalue weighted by Crippen LogP contribution is -2.03. The van der Waals surface area contributed by atoms with Crippen LogP contribution >= 0.6 is 11.6 Å². The molecule has 0 spiro atoms. The Morgan fingerprint density at radius 1 is 1.00 bits per heavy atom. The van der Waals surface area contributed by atoms with Gasteiger partial charge in [-0.1, -0.05) is 59.6 Å². The van der Waals surface area contributed by atoms with Gasteiger partial charge in [0, 0.05) is 16.2 Å². The summed E-state index contributed by atoms with van der Waals surface area (Å²) < 4.78 is 5.76. The van der Waals surface area contributed by atoms with Gasteiger partial charge in [0.1, 0.15) is 5.76 Å². The molecule has 0 N–H and O–H groups in total. The van der Waals surface area contributed by atoms with Crippen LogP contribution in [0, 0.1) is 6.92 Å². The molecular formula is C20H19ClO. The summed E-state index contributed by atoms with van der Waals surface area (Å²) in [7, 11) is 1.74. The summed E-state index contributed by atoms with van der Waals surface area (Å²) >= 11 is 6.15. The van der Waals surface area contributed by atoms with Gasteiger partial charge in [0.15, 0.2) is 0 Å². The first-order chi connectivity index (χ1) is 10.7. The summed E-state index contributed by atoms with van der Waals surface area (Å²) in [6.45, 7) is 2.10. The van der Waals surface area contributed by atoms with Crippen molar-refractivity contribution in [1.82, 2.24) is 0 Å². The molecule has 0 fully saturated rings. The molecule has 0 radical (unpaired) electrons. The third kappa shape index (κ3) is 2.95. The molecule has 1 aliphatic rings. The summed E-state index contributed by atoms with van der Waals surface area (Å²) in [6, 6.07) is 16.6. The Kier molecular flexibility index (Phi) is 4.35. The molecule has 0 unspecified atom stereocenters. The second-order valence-corrected chi connectivity index (χ2v) is 5.98. The Morgan fingerprint density at radius 2 is 1.77 bits per heavy atom. The van der Waals surface area contributed by atoms with E-state index in [1.807, 2.05) is 18.2 Å². The zero-order chi connectivity index (χ0) is 15.5. The van der Waals surface area contributed by atoms with Crippen LogP contribution in [0.1, 0.15) is 29.5 Å². The third-order valence-corrected chi connectivity index (χ3v) is 4.24. The number of ether oxygens (including phenoxy) is 1. The molecule has 1 nitrogen and oxygen atoms in total. The van der Waals surface area contributed by atoms with Crippen LogP contribution in [-0.4, -0.2) is 7.11 Å². The van der Waals surface area contributed by atoms with Gasteiger partial charge < -0.3 is 4.74 Å². The van der Waals surface area contributed by atoms with E-state index in [1.165, 1.54) is 22.3 Å². The zero-order valence-corrected chi connectivity index (χ0v) is 13.7. The SMILES string of the molecule is COC1=C(c2cccc(Cl)c2)CCC=C1c1ccc(C)cc1. The van der Waals surface area contributed by atoms with Crippen LogP contribution in [0.2, 0.25) is 5.02 Å². The monoisotopic (exact) mass is 310 g/mol. The van der Waals surface area contributed by atoms with Crippen LogP contribution in [0.4, 0.5) is 0 Å². The van der Waals surface area contributed by atoms with Crippen LogP contribution in [-0.2, 0) is 4.74 Å². The average Bonchev–Trinajstić information content (AvgIpc) is 2.55. The number of hydrogen-bond acceptors (Lipinski definition) is 1. The van der Waals surface area contributed by atoms with Crippen molar-refractivity contribution in [2.75, 3.05) is 7.11 Å². The second kappa shape index (κ2) is 6.41. The van der Waals surface area contributed by atoms with Crippen molar-refractivity contribution in [1.29, 1.82) is 0 Å². The maximum Gasteiger partial charge on any atom is 0.130 e. The molecule has 1 aliphatic carbocycles. The summed E-state index contributed by atoms with van der Waals surface area (Å²) in [5.74, 6) is 0.956. The Bertz CT molecular complexity index is 739. The number of hydrogen-bond donors (Lipinski definition) is 0. The lowest BCUT2D eigenvalue weighted by molar-refractivity contribution is 0.311. The van der Waals surface area contributed by atoms with Gasteiger partial charge in [-0.05, 0) is 43.0 Å². The summed E-state index contributed by atoms with van der Waals surface area (Å²) in [4.78, 5) is 0. The minimum Gasteiger partial charge on any atom is -0.496 e. The number of rotatable bonds is 3. The number of benzene rings is 2. The van der Waals surface area contributed by atoms with E-state index in [9.17, 15) is 0 Å². The normalized spacial score (nSPS) is 14.8. The first kappa shape index (κ1) is 14.9. The van der Waals surface area contributed by atoms with Crippen LogP contribution < -0.4 is 0 Å². The van der Waals surface area contributed by atoms with Gasteiger partial charge in [0.05, 0.1) is 7.11 Å². The highest BCUT2D eigenvalue weighted by atomic mass is 35.5. The van der Waals surface area contributed by atoms with Gasteiger partial charge in [-0.2, -0.15) is 0 Å². The van der Waals surface area contributed by atoms with Crippen LogP contribution in [0.25, 0.3) is 11.1 Å². The van der Waals surface area contributed by atoms with E-state index in [4.69, 9.17) is 16.3 Å². The molecule has 2 aromatic rings. The lowest BCUT2D eigenvalue weighted by Gasteiger charge is -2.22. The Balaban J connectivity index is 2.08. The molecule has 0 atom stereocenters. The van der Waals surface area contributed by atoms with E-state index < -0.39 is 0 Å². The van der Waals surface area contributed by atoms with E-state index in [0.29, 0.717) is 0 Å². The van der Waals surface area contributed by atoms with Crippen LogP contribution in [0.3, 0.4) is 0 Å². The summed E-state index contributed by atoms with van der Waals surface area (Å²) in [6.07, 6.45) is 4.24. The molecule has 0 saturated heterocycles. The number of methoxy groups -OCH3 is 1. The van der Waals surface area contributed by atoms with Crippen molar-refractivity contribution in [2.24, 2.45) is 0 Å². The summed E-state index contributed by atoms with van der Waals surface area (Å²) in [5, 5.41) is 0.756. The Morgan fingerprint density at radius 3 is 2.45 bits per heavy atom. The molecule has 22 heavy (non-hydrogen) atoms. The Labute approximate surface area is 136 Å². The lowest BCUT2D eigenvalue weighted by atomic mass is 9.88. The smallest absolute Gasteiger partial charge is 0.130 e. The first-order valence-electron chi connectivity index (χ1n) is 7.49. The van der Waals surface area contributed by atoms with Crippen molar-refractivity contribution in [3.8, 4) is 0 Å². The van der Waals surface area contributed by atoms with E-state index in [1.54, 1.807) is 7.11 Å². The van der Waals surface area contributed by atoms with Crippen LogP contribution in [0.15, 0.2) is 60.4 Å². The molecule has 2 aromatic carbocycles. The van der Waals surface area contributed by atoms with Gasteiger partial charge in [-0.15, -0.1) is 0 Å². The molecule has 0 aromatic heterocycles. The van der Waals surface area contributed by atoms with Gasteiger partial charge in [-0.3, -0.25) is 0 Å². The molecule has 0 saturated carbocycles. The van der Waals surface area contributed by atoms with Gasteiger partial charge in [0.2, 0.25) is 0 Å². The number of allylic oxidation sites excluding steroid dienone is 3. The zero-order valence-electron chi connectivity index (χ0n) is 12.9. The fourth-order valence-electron chi connectivity index (χ4n) is 2.90. The first-order valence-corrected chi connectivity index (χ1v) is 7.87. The maximum atomic E-state index is 6.15. The minimum atomic E-state index is 0.756. The third-order valence-electron chi connectivity index (χ3n) is 4.00. The number of aryl methyl sites for hydroxylation is 1. The van der Waals surface area contributed by atoms with Crippen molar-refractivity contribution in [3.05, 3.63) is 82.1 Å². The molecule has 2 heteroatoms. The summed E-state index contributed by atoms with van der Waals surface area (Å²) in [5.41, 5.74) is 5.99. The van der Waals surface area contributed by atoms with Crippen LogP contribution in [0.5, 0.6) is 0 Å². The van der Waals surface area contributed by atoms with E-state index in [0.717, 1.165) is 29.2 Å². The predicted molar refractivity (Wildman–Crippen MR) is 93.8 cm³/mol. The topological polar surface area (TPSA) is 9.23 Å². The largest absolute Gasteiger partial charge is 0.496 e. The maximum absolute atomic E-state index is 6.15. The van der Waals surface area contributed by atoms with Crippen molar-refractivity contribution in [3.63, 3.8) is 0 Å². The standard InChI is InChI=1S/C20H19ClO/c1-14-9-11-15(12-10-14)18-7-4-8-19(20(18)22-2)16-5-3-6-17(21)13-16/h3,5-7,9-13H,4,8H2,1-2H3. The second-order valence-electron chi connectivity index (χ2n) is 5.54. The Hall–Kier alpha value is -1.99. The molecule has 3 rings (SSSR count). The van der Waals surface area contributed by atoms with Crippen molar-refractivity contribution in [2.45, 2.75) is 19.8 Å². The van der Waals surface area contributed by atoms with Gasteiger partial charge >= 0.3 is 0 Å². The molecule has 112 valence electrons. The fourth-order valence-corrected chi connectivity index (χ4v) is 3.09. The number of halogens is 1. The van der Waals surface area contributed by atoms with E-state index in [2.05, 4.69) is 43.3 Å². The molecule has 0 amide bonds. The fraction of sp³-hybridized carbons (Fsp3) is 0.200. The highest BCUT2D eigenvalue weighted by Crippen LogP contribution is 2.38. The molecule has 0 aliphatic heterocycles. The highest BCUT2D eigenvalue weighted by Gasteiger charge is 2.19. The van der Waals surface area contributed by atoms with Gasteiger partial charge in [0.25, 0.3) is 0 Å². The highest BCUT2D eigenvalue weighted by molar-refractivity contribution is 6.30. The quantitative estimate of drug-likeness (QED) is 0.687. The van der Waals surface area contributed by atoms with E-state index >= 15 is 0 Å². The minimum absolute atomic E-state index is 0.756. The van der Waals surface area contributed by atoms with Crippen molar-refractivity contribution >= 4 is 22.7 Å².